The maximum Gasteiger partial charge on any atom is 0.265 e. The minimum Gasteiger partial charge on any atom is -0.338 e. The van der Waals surface area contributed by atoms with Crippen molar-refractivity contribution in [2.45, 2.75) is 19.8 Å². The van der Waals surface area contributed by atoms with Crippen LogP contribution < -0.4 is 5.73 Å². The van der Waals surface area contributed by atoms with E-state index in [9.17, 15) is 4.79 Å². The quantitative estimate of drug-likeness (QED) is 0.786. The lowest BCUT2D eigenvalue weighted by atomic mass is 9.99. The van der Waals surface area contributed by atoms with E-state index >= 15 is 0 Å². The molecule has 1 fully saturated rings. The summed E-state index contributed by atoms with van der Waals surface area (Å²) in [7, 11) is 0. The Balaban J connectivity index is 2.11. The molecule has 0 aromatic carbocycles. The van der Waals surface area contributed by atoms with Crippen LogP contribution >= 0.6 is 11.3 Å². The lowest BCUT2D eigenvalue weighted by Crippen LogP contribution is -2.37. The van der Waals surface area contributed by atoms with Crippen LogP contribution in [0.3, 0.4) is 0 Å². The fourth-order valence-electron chi connectivity index (χ4n) is 2.07. The molecule has 4 heteroatoms. The average Bonchev–Trinajstić information content (AvgIpc) is 2.84. The maximum atomic E-state index is 12.4. The molecule has 2 N–H and O–H groups in total. The molecule has 96 valence electrons. The van der Waals surface area contributed by atoms with E-state index in [2.05, 4.69) is 18.8 Å². The zero-order chi connectivity index (χ0) is 13.0. The van der Waals surface area contributed by atoms with Crippen molar-refractivity contribution in [3.8, 4) is 11.8 Å². The number of carbonyl (C=O) groups is 1. The predicted molar refractivity (Wildman–Crippen MR) is 74.6 cm³/mol. The van der Waals surface area contributed by atoms with Crippen molar-refractivity contribution in [3.63, 3.8) is 0 Å². The smallest absolute Gasteiger partial charge is 0.265 e. The predicted octanol–water partition coefficient (Wildman–Crippen LogP) is 1.93. The average molecular weight is 262 g/mol. The summed E-state index contributed by atoms with van der Waals surface area (Å²) in [6.45, 7) is 4.29. The molecule has 0 unspecified atom stereocenters. The highest BCUT2D eigenvalue weighted by Gasteiger charge is 2.23. The second-order valence-corrected chi connectivity index (χ2v) is 5.56. The van der Waals surface area contributed by atoms with E-state index in [1.807, 2.05) is 16.3 Å². The van der Waals surface area contributed by atoms with E-state index in [4.69, 9.17) is 5.73 Å². The zero-order valence-corrected chi connectivity index (χ0v) is 11.4. The lowest BCUT2D eigenvalue weighted by Gasteiger charge is -2.30. The number of piperidine rings is 1. The molecular formula is C14H18N2OS. The number of nitrogens with two attached hydrogens (primary N) is 1. The van der Waals surface area contributed by atoms with Crippen LogP contribution in [0.2, 0.25) is 0 Å². The van der Waals surface area contributed by atoms with Gasteiger partial charge in [0.05, 0.1) is 6.54 Å². The van der Waals surface area contributed by atoms with Crippen LogP contribution in [0.1, 0.15) is 35.0 Å². The van der Waals surface area contributed by atoms with Gasteiger partial charge in [0.1, 0.15) is 4.88 Å². The van der Waals surface area contributed by atoms with Gasteiger partial charge < -0.3 is 10.6 Å². The number of nitrogens with zero attached hydrogens (tertiary/aromatic N) is 1. The van der Waals surface area contributed by atoms with Gasteiger partial charge in [0.2, 0.25) is 0 Å². The molecule has 3 nitrogen and oxygen atoms in total. The summed E-state index contributed by atoms with van der Waals surface area (Å²) in [5, 5.41) is 1.92. The van der Waals surface area contributed by atoms with Gasteiger partial charge in [-0.05, 0) is 30.2 Å². The minimum atomic E-state index is 0.123. The van der Waals surface area contributed by atoms with Gasteiger partial charge in [0, 0.05) is 18.7 Å². The van der Waals surface area contributed by atoms with Crippen LogP contribution in [0, 0.1) is 17.8 Å². The van der Waals surface area contributed by atoms with Crippen LogP contribution in [0.5, 0.6) is 0 Å². The largest absolute Gasteiger partial charge is 0.338 e. The first-order valence-electron chi connectivity index (χ1n) is 6.28. The van der Waals surface area contributed by atoms with E-state index < -0.39 is 0 Å². The van der Waals surface area contributed by atoms with Crippen molar-refractivity contribution in [2.24, 2.45) is 11.7 Å². The third-order valence-corrected chi connectivity index (χ3v) is 4.16. The molecule has 0 bridgehead atoms. The summed E-state index contributed by atoms with van der Waals surface area (Å²) in [4.78, 5) is 15.1. The Hall–Kier alpha value is -1.31. The van der Waals surface area contributed by atoms with Gasteiger partial charge in [-0.15, -0.1) is 11.3 Å². The molecule has 0 atom stereocenters. The van der Waals surface area contributed by atoms with Crippen molar-refractivity contribution in [1.29, 1.82) is 0 Å². The number of likely N-dealkylation sites (tertiary alicyclic amines) is 1. The van der Waals surface area contributed by atoms with Crippen LogP contribution in [0.25, 0.3) is 0 Å². The Morgan fingerprint density at radius 2 is 2.28 bits per heavy atom. The van der Waals surface area contributed by atoms with Gasteiger partial charge in [0.25, 0.3) is 5.91 Å². The number of hydrogen-bond donors (Lipinski definition) is 1. The minimum absolute atomic E-state index is 0.123. The molecule has 2 rings (SSSR count). The van der Waals surface area contributed by atoms with Gasteiger partial charge in [-0.1, -0.05) is 18.8 Å². The Labute approximate surface area is 112 Å². The number of rotatable bonds is 1. The topological polar surface area (TPSA) is 46.3 Å². The molecule has 0 spiro atoms. The summed E-state index contributed by atoms with van der Waals surface area (Å²) < 4.78 is 0. The molecule has 18 heavy (non-hydrogen) atoms. The number of thiophene rings is 1. The van der Waals surface area contributed by atoms with E-state index in [-0.39, 0.29) is 5.91 Å². The second-order valence-electron chi connectivity index (χ2n) is 4.64. The van der Waals surface area contributed by atoms with Gasteiger partial charge in [0.15, 0.2) is 0 Å². The zero-order valence-electron chi connectivity index (χ0n) is 10.6. The Morgan fingerprint density at radius 3 is 2.94 bits per heavy atom. The van der Waals surface area contributed by atoms with Gasteiger partial charge in [-0.3, -0.25) is 4.79 Å². The third-order valence-electron chi connectivity index (χ3n) is 3.26. The molecule has 1 aromatic rings. The molecule has 1 saturated heterocycles. The van der Waals surface area contributed by atoms with Crippen molar-refractivity contribution in [3.05, 3.63) is 21.9 Å². The first-order chi connectivity index (χ1) is 8.72. The van der Waals surface area contributed by atoms with E-state index in [0.29, 0.717) is 6.54 Å². The molecule has 2 heterocycles. The summed E-state index contributed by atoms with van der Waals surface area (Å²) in [6.07, 6.45) is 2.20. The maximum absolute atomic E-state index is 12.4. The van der Waals surface area contributed by atoms with Gasteiger partial charge in [-0.2, -0.15) is 0 Å². The Kier molecular flexibility index (Phi) is 4.40. The second kappa shape index (κ2) is 6.03. The summed E-state index contributed by atoms with van der Waals surface area (Å²) in [5.74, 6) is 6.63. The normalized spacial score (nSPS) is 16.2. The van der Waals surface area contributed by atoms with E-state index in [1.165, 1.54) is 11.3 Å². The van der Waals surface area contributed by atoms with Crippen LogP contribution in [0.15, 0.2) is 11.4 Å². The standard InChI is InChI=1S/C14H18N2OS/c1-11-4-8-16(9-5-11)14(17)13-12(3-2-7-15)6-10-18-13/h6,10-11H,4-5,7-9,15H2,1H3. The fraction of sp³-hybridized carbons (Fsp3) is 0.500. The highest BCUT2D eigenvalue weighted by molar-refractivity contribution is 7.12. The molecule has 1 aliphatic heterocycles. The molecular weight excluding hydrogens is 244 g/mol. The SMILES string of the molecule is CC1CCN(C(=O)c2sccc2C#CCN)CC1. The van der Waals surface area contributed by atoms with E-state index in [1.54, 1.807) is 0 Å². The molecule has 0 aliphatic carbocycles. The highest BCUT2D eigenvalue weighted by atomic mass is 32.1. The summed E-state index contributed by atoms with van der Waals surface area (Å²) in [6, 6.07) is 1.90. The molecule has 1 aliphatic rings. The summed E-state index contributed by atoms with van der Waals surface area (Å²) >= 11 is 1.47. The van der Waals surface area contributed by atoms with Crippen molar-refractivity contribution in [1.82, 2.24) is 4.90 Å². The Morgan fingerprint density at radius 1 is 1.56 bits per heavy atom. The van der Waals surface area contributed by atoms with Crippen molar-refractivity contribution in [2.75, 3.05) is 19.6 Å². The monoisotopic (exact) mass is 262 g/mol. The van der Waals surface area contributed by atoms with Crippen molar-refractivity contribution >= 4 is 17.2 Å². The molecule has 0 radical (unpaired) electrons. The number of carbonyl (C=O) groups excluding carboxylic acids is 1. The number of amides is 1. The van der Waals surface area contributed by atoms with Gasteiger partial charge >= 0.3 is 0 Å². The van der Waals surface area contributed by atoms with Crippen LogP contribution in [0.4, 0.5) is 0 Å². The van der Waals surface area contributed by atoms with E-state index in [0.717, 1.165) is 42.3 Å². The van der Waals surface area contributed by atoms with Gasteiger partial charge in [-0.25, -0.2) is 0 Å². The Bertz CT molecular complexity index is 475. The number of hydrogen-bond acceptors (Lipinski definition) is 3. The highest BCUT2D eigenvalue weighted by Crippen LogP contribution is 2.22. The lowest BCUT2D eigenvalue weighted by molar-refractivity contribution is 0.0702. The first-order valence-corrected chi connectivity index (χ1v) is 7.16. The van der Waals surface area contributed by atoms with Crippen molar-refractivity contribution < 1.29 is 4.79 Å². The first kappa shape index (κ1) is 13.1. The molecule has 0 saturated carbocycles. The molecule has 1 aromatic heterocycles. The third kappa shape index (κ3) is 2.92. The summed E-state index contributed by atoms with van der Waals surface area (Å²) in [5.41, 5.74) is 6.18. The molecule has 1 amide bonds. The fourth-order valence-corrected chi connectivity index (χ4v) is 2.89. The van der Waals surface area contributed by atoms with Crippen LogP contribution in [-0.2, 0) is 0 Å². The van der Waals surface area contributed by atoms with Crippen LogP contribution in [-0.4, -0.2) is 30.4 Å².